The van der Waals surface area contributed by atoms with Gasteiger partial charge in [-0.3, -0.25) is 14.4 Å². The van der Waals surface area contributed by atoms with Crippen LogP contribution in [-0.2, 0) is 14.4 Å². The maximum Gasteiger partial charge on any atom is 0.323 e. The van der Waals surface area contributed by atoms with E-state index in [-0.39, 0.29) is 5.69 Å². The first-order chi connectivity index (χ1) is 11.3. The van der Waals surface area contributed by atoms with Crippen LogP contribution < -0.4 is 16.0 Å². The van der Waals surface area contributed by atoms with Crippen molar-refractivity contribution in [3.63, 3.8) is 0 Å². The summed E-state index contributed by atoms with van der Waals surface area (Å²) in [6.07, 6.45) is 0. The summed E-state index contributed by atoms with van der Waals surface area (Å²) in [6, 6.07) is 11.4. The van der Waals surface area contributed by atoms with Crippen LogP contribution in [0.15, 0.2) is 46.9 Å². The predicted octanol–water partition coefficient (Wildman–Crippen LogP) is 2.86. The molecule has 0 bridgehead atoms. The van der Waals surface area contributed by atoms with E-state index in [2.05, 4.69) is 21.2 Å². The number of hydrogen-bond acceptors (Lipinski definition) is 4. The molecule has 0 fully saturated rings. The van der Waals surface area contributed by atoms with Crippen LogP contribution in [-0.4, -0.2) is 17.7 Å². The van der Waals surface area contributed by atoms with Gasteiger partial charge in [0.2, 0.25) is 5.91 Å². The third-order valence-electron chi connectivity index (χ3n) is 3.28. The van der Waals surface area contributed by atoms with E-state index < -0.39 is 17.7 Å². The number of carbonyl (C=O) groups is 3. The van der Waals surface area contributed by atoms with E-state index in [9.17, 15) is 14.4 Å². The molecule has 124 valence electrons. The Labute approximate surface area is 147 Å². The Bertz CT molecular complexity index is 820. The summed E-state index contributed by atoms with van der Waals surface area (Å²) in [5.74, 6) is -2.46. The van der Waals surface area contributed by atoms with Gasteiger partial charge in [-0.1, -0.05) is 22.0 Å². The van der Waals surface area contributed by atoms with Crippen molar-refractivity contribution in [3.05, 3.63) is 52.5 Å². The molecule has 0 aromatic heterocycles. The highest BCUT2D eigenvalue weighted by Crippen LogP contribution is 2.21. The fourth-order valence-electron chi connectivity index (χ4n) is 2.15. The van der Waals surface area contributed by atoms with Crippen LogP contribution in [0, 0.1) is 6.92 Å². The number of nitrogens with one attached hydrogen (secondary N) is 1. The maximum atomic E-state index is 12.4. The number of imide groups is 1. The summed E-state index contributed by atoms with van der Waals surface area (Å²) in [5.41, 5.74) is 7.58. The molecule has 3 N–H and O–H groups in total. The smallest absolute Gasteiger partial charge is 0.323 e. The van der Waals surface area contributed by atoms with Gasteiger partial charge < -0.3 is 11.1 Å². The second-order valence-corrected chi connectivity index (χ2v) is 6.08. The van der Waals surface area contributed by atoms with Crippen LogP contribution in [0.2, 0.25) is 0 Å². The van der Waals surface area contributed by atoms with Crippen molar-refractivity contribution in [1.29, 1.82) is 0 Å². The Morgan fingerprint density at radius 3 is 2.42 bits per heavy atom. The zero-order chi connectivity index (χ0) is 17.9. The molecular weight excluding hydrogens is 374 g/mol. The molecule has 0 unspecified atom stereocenters. The molecule has 0 atom stereocenters. The van der Waals surface area contributed by atoms with E-state index in [4.69, 9.17) is 5.73 Å². The van der Waals surface area contributed by atoms with Crippen LogP contribution in [0.3, 0.4) is 0 Å². The van der Waals surface area contributed by atoms with Gasteiger partial charge in [0.05, 0.1) is 5.69 Å². The van der Waals surface area contributed by atoms with Gasteiger partial charge in [-0.15, -0.1) is 0 Å². The first-order valence-corrected chi connectivity index (χ1v) is 7.86. The number of halogens is 1. The standard InChI is InChI=1S/C17H16BrN3O3/c1-10-8-12(18)6-7-15(10)20-16(23)17(24)21(11(2)22)14-5-3-4-13(19)9-14/h3-9H,19H2,1-2H3,(H,20,23). The van der Waals surface area contributed by atoms with E-state index in [0.29, 0.717) is 11.4 Å². The van der Waals surface area contributed by atoms with Crippen LogP contribution in [0.25, 0.3) is 0 Å². The molecule has 0 saturated carbocycles. The molecular formula is C17H16BrN3O3. The molecule has 0 saturated heterocycles. The summed E-state index contributed by atoms with van der Waals surface area (Å²) < 4.78 is 0.856. The zero-order valence-corrected chi connectivity index (χ0v) is 14.8. The van der Waals surface area contributed by atoms with Gasteiger partial charge in [0, 0.05) is 22.8 Å². The van der Waals surface area contributed by atoms with Gasteiger partial charge >= 0.3 is 11.8 Å². The number of nitrogens with zero attached hydrogens (tertiary/aromatic N) is 1. The molecule has 7 heteroatoms. The number of anilines is 3. The zero-order valence-electron chi connectivity index (χ0n) is 13.2. The minimum Gasteiger partial charge on any atom is -0.399 e. The Hall–Kier alpha value is -2.67. The quantitative estimate of drug-likeness (QED) is 0.609. The number of nitrogen functional groups attached to an aromatic ring is 1. The van der Waals surface area contributed by atoms with Gasteiger partial charge in [0.1, 0.15) is 0 Å². The lowest BCUT2D eigenvalue weighted by Gasteiger charge is -2.19. The molecule has 2 aromatic rings. The molecule has 0 heterocycles. The third-order valence-corrected chi connectivity index (χ3v) is 3.77. The predicted molar refractivity (Wildman–Crippen MR) is 96.5 cm³/mol. The molecule has 0 spiro atoms. The average Bonchev–Trinajstić information content (AvgIpc) is 2.49. The van der Waals surface area contributed by atoms with Crippen LogP contribution in [0.1, 0.15) is 12.5 Å². The lowest BCUT2D eigenvalue weighted by Crippen LogP contribution is -2.42. The van der Waals surface area contributed by atoms with Crippen molar-refractivity contribution in [1.82, 2.24) is 0 Å². The van der Waals surface area contributed by atoms with Crippen LogP contribution in [0.4, 0.5) is 17.1 Å². The SMILES string of the molecule is CC(=O)N(C(=O)C(=O)Nc1ccc(Br)cc1C)c1cccc(N)c1. The molecule has 0 aliphatic rings. The number of carbonyl (C=O) groups excluding carboxylic acids is 3. The monoisotopic (exact) mass is 389 g/mol. The second kappa shape index (κ2) is 7.27. The van der Waals surface area contributed by atoms with E-state index in [1.807, 2.05) is 0 Å². The minimum atomic E-state index is -0.976. The Morgan fingerprint density at radius 2 is 1.83 bits per heavy atom. The molecule has 3 amide bonds. The van der Waals surface area contributed by atoms with Gasteiger partial charge in [-0.2, -0.15) is 0 Å². The largest absolute Gasteiger partial charge is 0.399 e. The Morgan fingerprint density at radius 1 is 1.12 bits per heavy atom. The number of rotatable bonds is 2. The molecule has 2 rings (SSSR count). The topological polar surface area (TPSA) is 92.5 Å². The van der Waals surface area contributed by atoms with Gasteiger partial charge in [-0.05, 0) is 48.9 Å². The van der Waals surface area contributed by atoms with Crippen molar-refractivity contribution in [2.75, 3.05) is 16.0 Å². The number of aryl methyl sites for hydroxylation is 1. The molecule has 24 heavy (non-hydrogen) atoms. The highest BCUT2D eigenvalue weighted by atomic mass is 79.9. The van der Waals surface area contributed by atoms with E-state index >= 15 is 0 Å². The van der Waals surface area contributed by atoms with Crippen molar-refractivity contribution < 1.29 is 14.4 Å². The molecule has 2 aromatic carbocycles. The maximum absolute atomic E-state index is 12.4. The fourth-order valence-corrected chi connectivity index (χ4v) is 2.63. The lowest BCUT2D eigenvalue weighted by molar-refractivity contribution is -0.136. The first kappa shape index (κ1) is 17.7. The molecule has 0 aliphatic heterocycles. The number of nitrogens with two attached hydrogens (primary N) is 1. The van der Waals surface area contributed by atoms with E-state index in [0.717, 1.165) is 14.9 Å². The summed E-state index contributed by atoms with van der Waals surface area (Å²) in [7, 11) is 0. The van der Waals surface area contributed by atoms with Gasteiger partial charge in [-0.25, -0.2) is 4.90 Å². The second-order valence-electron chi connectivity index (χ2n) is 5.17. The Balaban J connectivity index is 2.26. The van der Waals surface area contributed by atoms with Crippen LogP contribution >= 0.6 is 15.9 Å². The summed E-state index contributed by atoms with van der Waals surface area (Å²) in [4.78, 5) is 37.3. The van der Waals surface area contributed by atoms with Crippen molar-refractivity contribution in [2.45, 2.75) is 13.8 Å². The molecule has 6 nitrogen and oxygen atoms in total. The summed E-state index contributed by atoms with van der Waals surface area (Å²) >= 11 is 3.33. The minimum absolute atomic E-state index is 0.246. The van der Waals surface area contributed by atoms with E-state index in [1.165, 1.54) is 19.1 Å². The normalized spacial score (nSPS) is 10.1. The Kier molecular flexibility index (Phi) is 5.35. The average molecular weight is 390 g/mol. The van der Waals surface area contributed by atoms with Gasteiger partial charge in [0.25, 0.3) is 0 Å². The highest BCUT2D eigenvalue weighted by Gasteiger charge is 2.27. The highest BCUT2D eigenvalue weighted by molar-refractivity contribution is 9.10. The molecule has 0 aliphatic carbocycles. The van der Waals surface area contributed by atoms with Crippen molar-refractivity contribution in [3.8, 4) is 0 Å². The number of benzene rings is 2. The van der Waals surface area contributed by atoms with Gasteiger partial charge in [0.15, 0.2) is 0 Å². The number of hydrogen-bond donors (Lipinski definition) is 2. The summed E-state index contributed by atoms with van der Waals surface area (Å²) in [6.45, 7) is 3.00. The van der Waals surface area contributed by atoms with Crippen LogP contribution in [0.5, 0.6) is 0 Å². The third kappa shape index (κ3) is 3.99. The fraction of sp³-hybridized carbons (Fsp3) is 0.118. The molecule has 0 radical (unpaired) electrons. The van der Waals surface area contributed by atoms with Crippen molar-refractivity contribution >= 4 is 50.7 Å². The number of amides is 3. The lowest BCUT2D eigenvalue weighted by atomic mass is 10.2. The van der Waals surface area contributed by atoms with E-state index in [1.54, 1.807) is 37.3 Å². The summed E-state index contributed by atoms with van der Waals surface area (Å²) in [5, 5.41) is 2.52. The van der Waals surface area contributed by atoms with Crippen molar-refractivity contribution in [2.24, 2.45) is 0 Å². The first-order valence-electron chi connectivity index (χ1n) is 7.07.